The average molecular weight is 511 g/mol. The number of aliphatic carboxylic acids is 2. The third-order valence-electron chi connectivity index (χ3n) is 7.90. The molecule has 4 nitrogen and oxygen atoms in total. The molecule has 0 aliphatic rings. The number of carboxylic acids is 2. The van der Waals surface area contributed by atoms with E-state index in [1.54, 1.807) is 0 Å². The van der Waals surface area contributed by atoms with Gasteiger partial charge in [0.1, 0.15) is 0 Å². The topological polar surface area (TPSA) is 74.6 Å². The lowest BCUT2D eigenvalue weighted by atomic mass is 9.80. The summed E-state index contributed by atoms with van der Waals surface area (Å²) in [6.07, 6.45) is 30.1. The summed E-state index contributed by atoms with van der Waals surface area (Å²) in [5.74, 6) is -1.13. The van der Waals surface area contributed by atoms with Gasteiger partial charge < -0.3 is 10.2 Å². The van der Waals surface area contributed by atoms with E-state index in [4.69, 9.17) is 5.11 Å². The van der Waals surface area contributed by atoms with E-state index in [0.29, 0.717) is 5.92 Å². The molecule has 0 aromatic carbocycles. The van der Waals surface area contributed by atoms with Crippen LogP contribution in [0.3, 0.4) is 0 Å². The van der Waals surface area contributed by atoms with E-state index in [-0.39, 0.29) is 12.3 Å². The van der Waals surface area contributed by atoms with Crippen LogP contribution in [0, 0.1) is 11.8 Å². The van der Waals surface area contributed by atoms with E-state index in [1.807, 2.05) is 0 Å². The van der Waals surface area contributed by atoms with Crippen LogP contribution in [-0.4, -0.2) is 22.2 Å². The molecule has 0 heterocycles. The molecule has 0 bridgehead atoms. The van der Waals surface area contributed by atoms with Crippen LogP contribution in [0.15, 0.2) is 0 Å². The molecule has 2 N–H and O–H groups in total. The summed E-state index contributed by atoms with van der Waals surface area (Å²) in [7, 11) is 0. The van der Waals surface area contributed by atoms with Crippen molar-refractivity contribution in [3.63, 3.8) is 0 Å². The second-order valence-corrected chi connectivity index (χ2v) is 11.3. The van der Waals surface area contributed by atoms with E-state index in [0.717, 1.165) is 70.6 Å². The molecule has 4 heteroatoms. The molecule has 0 rings (SSSR count). The molecule has 0 amide bonds. The average Bonchev–Trinajstić information content (AvgIpc) is 2.85. The molecule has 0 saturated heterocycles. The monoisotopic (exact) mass is 510 g/mol. The highest BCUT2D eigenvalue weighted by Crippen LogP contribution is 2.30. The molecule has 0 saturated carbocycles. The molecule has 0 aliphatic heterocycles. The van der Waals surface area contributed by atoms with Crippen molar-refractivity contribution in [1.29, 1.82) is 0 Å². The smallest absolute Gasteiger partial charge is 0.306 e. The summed E-state index contributed by atoms with van der Waals surface area (Å²) < 4.78 is 0. The van der Waals surface area contributed by atoms with Crippen molar-refractivity contribution in [2.24, 2.45) is 11.8 Å². The Morgan fingerprint density at radius 2 is 0.806 bits per heavy atom. The van der Waals surface area contributed by atoms with Gasteiger partial charge in [-0.3, -0.25) is 9.59 Å². The molecule has 0 spiro atoms. The van der Waals surface area contributed by atoms with Gasteiger partial charge in [-0.25, -0.2) is 0 Å². The molecule has 2 unspecified atom stereocenters. The first-order valence-electron chi connectivity index (χ1n) is 16.0. The highest BCUT2D eigenvalue weighted by molar-refractivity contribution is 5.70. The Morgan fingerprint density at radius 1 is 0.472 bits per heavy atom. The van der Waals surface area contributed by atoms with Crippen molar-refractivity contribution in [3.05, 3.63) is 0 Å². The lowest BCUT2D eigenvalue weighted by Gasteiger charge is -2.24. The van der Waals surface area contributed by atoms with Gasteiger partial charge in [0.15, 0.2) is 0 Å². The molecular weight excluding hydrogens is 448 g/mol. The van der Waals surface area contributed by atoms with Crippen LogP contribution in [0.2, 0.25) is 0 Å². The number of hydrogen-bond acceptors (Lipinski definition) is 2. The fraction of sp³-hybridized carbons (Fsp3) is 0.938. The summed E-state index contributed by atoms with van der Waals surface area (Å²) in [5.41, 5.74) is 0. The fourth-order valence-electron chi connectivity index (χ4n) is 5.54. The van der Waals surface area contributed by atoms with Gasteiger partial charge in [0.2, 0.25) is 0 Å². The summed E-state index contributed by atoms with van der Waals surface area (Å²) in [4.78, 5) is 22.8. The summed E-state index contributed by atoms with van der Waals surface area (Å²) in [6.45, 7) is 4.49. The van der Waals surface area contributed by atoms with Gasteiger partial charge in [0.25, 0.3) is 0 Å². The first-order chi connectivity index (χ1) is 17.5. The Balaban J connectivity index is 4.19. The highest BCUT2D eigenvalue weighted by atomic mass is 16.4. The predicted octanol–water partition coefficient (Wildman–Crippen LogP) is 10.6. The van der Waals surface area contributed by atoms with Crippen LogP contribution in [-0.2, 0) is 9.59 Å². The maximum atomic E-state index is 12.2. The summed E-state index contributed by atoms with van der Waals surface area (Å²) >= 11 is 0. The molecule has 214 valence electrons. The number of unbranched alkanes of at least 4 members (excludes halogenated alkanes) is 19. The molecule has 0 radical (unpaired) electrons. The number of carbonyl (C=O) groups is 2. The second-order valence-electron chi connectivity index (χ2n) is 11.3. The van der Waals surface area contributed by atoms with Crippen LogP contribution in [0.1, 0.15) is 181 Å². The van der Waals surface area contributed by atoms with Gasteiger partial charge >= 0.3 is 11.9 Å². The van der Waals surface area contributed by atoms with Crippen LogP contribution < -0.4 is 0 Å². The van der Waals surface area contributed by atoms with Crippen molar-refractivity contribution in [2.45, 2.75) is 181 Å². The largest absolute Gasteiger partial charge is 0.481 e. The quantitative estimate of drug-likeness (QED) is 0.0981. The zero-order valence-electron chi connectivity index (χ0n) is 24.3. The van der Waals surface area contributed by atoms with Crippen molar-refractivity contribution >= 4 is 11.9 Å². The van der Waals surface area contributed by atoms with E-state index < -0.39 is 11.9 Å². The zero-order chi connectivity index (χ0) is 26.7. The first-order valence-corrected chi connectivity index (χ1v) is 16.0. The van der Waals surface area contributed by atoms with Gasteiger partial charge in [-0.1, -0.05) is 149 Å². The zero-order valence-corrected chi connectivity index (χ0v) is 24.3. The molecular formula is C32H62O4. The third-order valence-corrected chi connectivity index (χ3v) is 7.90. The molecule has 0 aromatic heterocycles. The standard InChI is InChI=1S/C32H62O4/c1-3-5-7-9-10-11-12-13-14-15-19-23-27-30(32(35)36)29(25-21-8-6-4-2)26-22-18-16-17-20-24-28-31(33)34/h29-30H,3-28H2,1-2H3,(H,33,34)(H,35,36). The fourth-order valence-corrected chi connectivity index (χ4v) is 5.54. The molecule has 2 atom stereocenters. The van der Waals surface area contributed by atoms with E-state index >= 15 is 0 Å². The Labute approximate surface area is 224 Å². The normalized spacial score (nSPS) is 13.1. The molecule has 0 aliphatic carbocycles. The van der Waals surface area contributed by atoms with Crippen molar-refractivity contribution in [2.75, 3.05) is 0 Å². The van der Waals surface area contributed by atoms with Crippen molar-refractivity contribution in [3.8, 4) is 0 Å². The predicted molar refractivity (Wildman–Crippen MR) is 154 cm³/mol. The van der Waals surface area contributed by atoms with Crippen LogP contribution in [0.4, 0.5) is 0 Å². The SMILES string of the molecule is CCCCCCCCCCCCCCC(C(=O)O)C(CCCCCC)CCCCCCCCC(=O)O. The number of carboxylic acid groups (broad SMARTS) is 2. The van der Waals surface area contributed by atoms with Gasteiger partial charge in [-0.2, -0.15) is 0 Å². The van der Waals surface area contributed by atoms with Gasteiger partial charge in [-0.15, -0.1) is 0 Å². The minimum atomic E-state index is -0.700. The second kappa shape index (κ2) is 27.0. The van der Waals surface area contributed by atoms with Crippen molar-refractivity contribution in [1.82, 2.24) is 0 Å². The lowest BCUT2D eigenvalue weighted by molar-refractivity contribution is -0.144. The lowest BCUT2D eigenvalue weighted by Crippen LogP contribution is -2.24. The minimum absolute atomic E-state index is 0.176. The Hall–Kier alpha value is -1.06. The van der Waals surface area contributed by atoms with Crippen LogP contribution in [0.25, 0.3) is 0 Å². The van der Waals surface area contributed by atoms with E-state index in [2.05, 4.69) is 13.8 Å². The highest BCUT2D eigenvalue weighted by Gasteiger charge is 2.26. The van der Waals surface area contributed by atoms with Gasteiger partial charge in [0.05, 0.1) is 5.92 Å². The van der Waals surface area contributed by atoms with E-state index in [1.165, 1.54) is 89.9 Å². The van der Waals surface area contributed by atoms with Crippen LogP contribution in [0.5, 0.6) is 0 Å². The van der Waals surface area contributed by atoms with Crippen LogP contribution >= 0.6 is 0 Å². The Bertz CT molecular complexity index is 491. The summed E-state index contributed by atoms with van der Waals surface area (Å²) in [6, 6.07) is 0. The van der Waals surface area contributed by atoms with Crippen molar-refractivity contribution < 1.29 is 19.8 Å². The third kappa shape index (κ3) is 23.3. The minimum Gasteiger partial charge on any atom is -0.481 e. The Kier molecular flexibility index (Phi) is 26.2. The van der Waals surface area contributed by atoms with Gasteiger partial charge in [-0.05, 0) is 31.6 Å². The molecule has 0 aromatic rings. The summed E-state index contributed by atoms with van der Waals surface area (Å²) in [5, 5.41) is 18.8. The molecule has 0 fully saturated rings. The van der Waals surface area contributed by atoms with E-state index in [9.17, 15) is 14.7 Å². The number of hydrogen-bond donors (Lipinski definition) is 2. The maximum Gasteiger partial charge on any atom is 0.306 e. The Morgan fingerprint density at radius 3 is 1.19 bits per heavy atom. The number of rotatable bonds is 29. The first kappa shape index (κ1) is 34.9. The van der Waals surface area contributed by atoms with Gasteiger partial charge in [0, 0.05) is 6.42 Å². The maximum absolute atomic E-state index is 12.2. The molecule has 36 heavy (non-hydrogen) atoms.